The molecule has 1 fully saturated rings. The highest BCUT2D eigenvalue weighted by Gasteiger charge is 2.30. The van der Waals surface area contributed by atoms with Crippen molar-refractivity contribution < 1.29 is 9.13 Å². The SMILES string of the molecule is CNc1nc(Nc2ccc(C3CC3)c(OC)c2)nc2c1CCC2c1ccc(F)cc1. The van der Waals surface area contributed by atoms with Crippen molar-refractivity contribution in [3.63, 3.8) is 0 Å². The summed E-state index contributed by atoms with van der Waals surface area (Å²) in [5.74, 6) is 2.84. The first-order chi connectivity index (χ1) is 14.7. The van der Waals surface area contributed by atoms with Gasteiger partial charge in [-0.3, -0.25) is 0 Å². The van der Waals surface area contributed by atoms with Crippen LogP contribution in [0.2, 0.25) is 0 Å². The average molecular weight is 404 g/mol. The molecule has 2 aromatic carbocycles. The molecule has 0 radical (unpaired) electrons. The molecular formula is C24H25FN4O. The molecule has 30 heavy (non-hydrogen) atoms. The maximum absolute atomic E-state index is 13.4. The quantitative estimate of drug-likeness (QED) is 0.579. The maximum atomic E-state index is 13.4. The molecule has 5 rings (SSSR count). The lowest BCUT2D eigenvalue weighted by atomic mass is 9.97. The number of nitrogens with one attached hydrogen (secondary N) is 2. The van der Waals surface area contributed by atoms with Crippen LogP contribution in [0.15, 0.2) is 42.5 Å². The predicted octanol–water partition coefficient (Wildman–Crippen LogP) is 5.37. The predicted molar refractivity (Wildman–Crippen MR) is 116 cm³/mol. The Bertz CT molecular complexity index is 1080. The standard InChI is InChI=1S/C24H25FN4O/c1-26-23-20-12-11-19(15-5-7-16(25)8-6-15)22(20)28-24(29-23)27-17-9-10-18(14-3-4-14)21(13-17)30-2/h5-10,13-14,19H,3-4,11-12H2,1-2H3,(H2,26,27,28,29). The molecule has 154 valence electrons. The summed E-state index contributed by atoms with van der Waals surface area (Å²) in [6.45, 7) is 0. The lowest BCUT2D eigenvalue weighted by molar-refractivity contribution is 0.410. The van der Waals surface area contributed by atoms with Crippen molar-refractivity contribution in [1.29, 1.82) is 0 Å². The summed E-state index contributed by atoms with van der Waals surface area (Å²) in [5.41, 5.74) is 5.39. The molecule has 2 aliphatic rings. The van der Waals surface area contributed by atoms with Gasteiger partial charge in [0.25, 0.3) is 0 Å². The van der Waals surface area contributed by atoms with E-state index in [-0.39, 0.29) is 11.7 Å². The molecule has 1 heterocycles. The first kappa shape index (κ1) is 18.9. The first-order valence-corrected chi connectivity index (χ1v) is 10.4. The molecule has 1 atom stereocenters. The van der Waals surface area contributed by atoms with Crippen LogP contribution in [0.4, 0.5) is 21.8 Å². The van der Waals surface area contributed by atoms with E-state index >= 15 is 0 Å². The fraction of sp³-hybridized carbons (Fsp3) is 0.333. The van der Waals surface area contributed by atoms with Crippen molar-refractivity contribution >= 4 is 17.5 Å². The number of ether oxygens (including phenoxy) is 1. The Morgan fingerprint density at radius 3 is 2.53 bits per heavy atom. The lowest BCUT2D eigenvalue weighted by Crippen LogP contribution is -2.08. The highest BCUT2D eigenvalue weighted by atomic mass is 19.1. The number of halogens is 1. The van der Waals surface area contributed by atoms with Crippen molar-refractivity contribution in [3.05, 3.63) is 70.7 Å². The van der Waals surface area contributed by atoms with Crippen LogP contribution >= 0.6 is 0 Å². The smallest absolute Gasteiger partial charge is 0.229 e. The van der Waals surface area contributed by atoms with Crippen molar-refractivity contribution in [2.45, 2.75) is 37.5 Å². The van der Waals surface area contributed by atoms with Gasteiger partial charge in [-0.1, -0.05) is 18.2 Å². The van der Waals surface area contributed by atoms with Gasteiger partial charge < -0.3 is 15.4 Å². The molecule has 6 heteroatoms. The van der Waals surface area contributed by atoms with Gasteiger partial charge >= 0.3 is 0 Å². The van der Waals surface area contributed by atoms with Gasteiger partial charge in [0.2, 0.25) is 5.95 Å². The van der Waals surface area contributed by atoms with E-state index in [1.807, 2.05) is 25.2 Å². The Morgan fingerprint density at radius 1 is 1.03 bits per heavy atom. The van der Waals surface area contributed by atoms with Crippen molar-refractivity contribution in [1.82, 2.24) is 9.97 Å². The van der Waals surface area contributed by atoms with E-state index in [2.05, 4.69) is 22.8 Å². The van der Waals surface area contributed by atoms with Crippen LogP contribution in [0.25, 0.3) is 0 Å². The molecule has 2 aliphatic carbocycles. The fourth-order valence-electron chi connectivity index (χ4n) is 4.39. The topological polar surface area (TPSA) is 59.1 Å². The Morgan fingerprint density at radius 2 is 1.83 bits per heavy atom. The molecule has 5 nitrogen and oxygen atoms in total. The number of fused-ring (bicyclic) bond motifs is 1. The van der Waals surface area contributed by atoms with Gasteiger partial charge in [0.15, 0.2) is 0 Å². The first-order valence-electron chi connectivity index (χ1n) is 10.4. The number of hydrogen-bond acceptors (Lipinski definition) is 5. The average Bonchev–Trinajstić information content (AvgIpc) is 3.53. The van der Waals surface area contributed by atoms with E-state index in [4.69, 9.17) is 14.7 Å². The van der Waals surface area contributed by atoms with Crippen LogP contribution in [0, 0.1) is 5.82 Å². The molecule has 0 saturated heterocycles. The molecule has 0 bridgehead atoms. The van der Waals surface area contributed by atoms with Gasteiger partial charge in [-0.2, -0.15) is 4.98 Å². The summed E-state index contributed by atoms with van der Waals surface area (Å²) >= 11 is 0. The Kier molecular flexibility index (Phi) is 4.77. The second-order valence-corrected chi connectivity index (χ2v) is 8.01. The molecular weight excluding hydrogens is 379 g/mol. The van der Waals surface area contributed by atoms with Crippen molar-refractivity contribution in [2.24, 2.45) is 0 Å². The minimum absolute atomic E-state index is 0.142. The van der Waals surface area contributed by atoms with E-state index in [0.717, 1.165) is 46.9 Å². The lowest BCUT2D eigenvalue weighted by Gasteiger charge is -2.16. The van der Waals surface area contributed by atoms with Gasteiger partial charge in [-0.05, 0) is 60.9 Å². The Labute approximate surface area is 175 Å². The number of aromatic nitrogens is 2. The second-order valence-electron chi connectivity index (χ2n) is 8.01. The Balaban J connectivity index is 1.48. The Hall–Kier alpha value is -3.15. The third-order valence-electron chi connectivity index (χ3n) is 6.07. The number of hydrogen-bond donors (Lipinski definition) is 2. The third-order valence-corrected chi connectivity index (χ3v) is 6.07. The summed E-state index contributed by atoms with van der Waals surface area (Å²) < 4.78 is 19.0. The summed E-state index contributed by atoms with van der Waals surface area (Å²) in [6, 6.07) is 12.9. The summed E-state index contributed by atoms with van der Waals surface area (Å²) in [5, 5.41) is 6.56. The third kappa shape index (κ3) is 3.47. The van der Waals surface area contributed by atoms with Crippen LogP contribution in [0.3, 0.4) is 0 Å². The normalized spacial score (nSPS) is 17.5. The van der Waals surface area contributed by atoms with E-state index in [0.29, 0.717) is 11.9 Å². The molecule has 0 amide bonds. The summed E-state index contributed by atoms with van der Waals surface area (Å²) in [7, 11) is 3.59. The van der Waals surface area contributed by atoms with Gasteiger partial charge in [0.1, 0.15) is 17.4 Å². The van der Waals surface area contributed by atoms with Crippen molar-refractivity contribution in [2.75, 3.05) is 24.8 Å². The van der Waals surface area contributed by atoms with Crippen LogP contribution < -0.4 is 15.4 Å². The second kappa shape index (κ2) is 7.59. The molecule has 2 N–H and O–H groups in total. The molecule has 3 aromatic rings. The summed E-state index contributed by atoms with van der Waals surface area (Å²) in [6.07, 6.45) is 4.30. The number of rotatable bonds is 6. The van der Waals surface area contributed by atoms with Crippen LogP contribution in [0.5, 0.6) is 5.75 Å². The molecule has 1 saturated carbocycles. The van der Waals surface area contributed by atoms with E-state index in [1.165, 1.54) is 30.5 Å². The number of nitrogens with zero attached hydrogens (tertiary/aromatic N) is 2. The zero-order valence-electron chi connectivity index (χ0n) is 17.2. The highest BCUT2D eigenvalue weighted by molar-refractivity contribution is 5.62. The molecule has 0 aliphatic heterocycles. The maximum Gasteiger partial charge on any atom is 0.229 e. The van der Waals surface area contributed by atoms with E-state index < -0.39 is 0 Å². The van der Waals surface area contributed by atoms with Gasteiger partial charge in [-0.15, -0.1) is 0 Å². The van der Waals surface area contributed by atoms with Crippen LogP contribution in [-0.2, 0) is 6.42 Å². The number of benzene rings is 2. The minimum Gasteiger partial charge on any atom is -0.496 e. The van der Waals surface area contributed by atoms with Crippen LogP contribution in [-0.4, -0.2) is 24.1 Å². The minimum atomic E-state index is -0.221. The zero-order chi connectivity index (χ0) is 20.7. The number of methoxy groups -OCH3 is 1. The molecule has 1 unspecified atom stereocenters. The van der Waals surface area contributed by atoms with E-state index in [1.54, 1.807) is 7.11 Å². The van der Waals surface area contributed by atoms with E-state index in [9.17, 15) is 4.39 Å². The monoisotopic (exact) mass is 404 g/mol. The highest BCUT2D eigenvalue weighted by Crippen LogP contribution is 2.45. The van der Waals surface area contributed by atoms with Crippen molar-refractivity contribution in [3.8, 4) is 5.75 Å². The van der Waals surface area contributed by atoms with Gasteiger partial charge in [0.05, 0.1) is 12.8 Å². The van der Waals surface area contributed by atoms with Gasteiger partial charge in [-0.25, -0.2) is 9.37 Å². The zero-order valence-corrected chi connectivity index (χ0v) is 17.2. The summed E-state index contributed by atoms with van der Waals surface area (Å²) in [4.78, 5) is 9.56. The number of anilines is 3. The molecule has 0 spiro atoms. The van der Waals surface area contributed by atoms with Crippen LogP contribution in [0.1, 0.15) is 53.5 Å². The fourth-order valence-corrected chi connectivity index (χ4v) is 4.39. The van der Waals surface area contributed by atoms with Gasteiger partial charge in [0, 0.05) is 30.3 Å². The molecule has 1 aromatic heterocycles. The largest absolute Gasteiger partial charge is 0.496 e.